The van der Waals surface area contributed by atoms with Gasteiger partial charge in [0.2, 0.25) is 5.91 Å². The molecule has 2 N–H and O–H groups in total. The summed E-state index contributed by atoms with van der Waals surface area (Å²) in [6.45, 7) is 5.31. The average Bonchev–Trinajstić information content (AvgIpc) is 3.44. The van der Waals surface area contributed by atoms with Gasteiger partial charge < -0.3 is 15.4 Å². The monoisotopic (exact) mass is 564 g/mol. The van der Waals surface area contributed by atoms with E-state index >= 15 is 0 Å². The molecule has 0 fully saturated rings. The summed E-state index contributed by atoms with van der Waals surface area (Å²) in [6.07, 6.45) is 4.96. The number of hydrogen-bond donors (Lipinski definition) is 2. The lowest BCUT2D eigenvalue weighted by Crippen LogP contribution is -2.28. The van der Waals surface area contributed by atoms with Crippen LogP contribution < -0.4 is 16.2 Å². The summed E-state index contributed by atoms with van der Waals surface area (Å²) in [5.74, 6) is -1.22. The highest BCUT2D eigenvalue weighted by atomic mass is 32.1. The van der Waals surface area contributed by atoms with Gasteiger partial charge in [0.05, 0.1) is 28.8 Å². The summed E-state index contributed by atoms with van der Waals surface area (Å²) in [4.78, 5) is 58.4. The zero-order chi connectivity index (χ0) is 27.7. The number of amides is 2. The Morgan fingerprint density at radius 3 is 2.62 bits per heavy atom. The highest BCUT2D eigenvalue weighted by Crippen LogP contribution is 2.38. The van der Waals surface area contributed by atoms with Crippen LogP contribution >= 0.6 is 22.7 Å². The molecule has 0 aliphatic heterocycles. The van der Waals surface area contributed by atoms with Crippen molar-refractivity contribution in [2.75, 3.05) is 17.2 Å². The highest BCUT2D eigenvalue weighted by Gasteiger charge is 2.27. The summed E-state index contributed by atoms with van der Waals surface area (Å²) in [6, 6.07) is 7.45. The predicted octanol–water partition coefficient (Wildman–Crippen LogP) is 5.08. The normalized spacial score (nSPS) is 12.7. The van der Waals surface area contributed by atoms with Crippen LogP contribution in [0.15, 0.2) is 35.4 Å². The summed E-state index contributed by atoms with van der Waals surface area (Å²) in [7, 11) is 0. The van der Waals surface area contributed by atoms with Gasteiger partial charge in [-0.3, -0.25) is 19.0 Å². The molecule has 1 aliphatic carbocycles. The molecule has 11 heteroatoms. The van der Waals surface area contributed by atoms with E-state index in [1.807, 2.05) is 31.2 Å². The van der Waals surface area contributed by atoms with Gasteiger partial charge in [-0.1, -0.05) is 18.2 Å². The number of aromatic nitrogens is 2. The van der Waals surface area contributed by atoms with Gasteiger partial charge in [0, 0.05) is 10.6 Å². The molecule has 39 heavy (non-hydrogen) atoms. The number of carbonyl (C=O) groups excluding carboxylic acids is 3. The van der Waals surface area contributed by atoms with E-state index in [4.69, 9.17) is 4.74 Å². The number of carbonyl (C=O) groups is 3. The van der Waals surface area contributed by atoms with Gasteiger partial charge in [-0.2, -0.15) is 0 Å². The molecule has 0 saturated carbocycles. The van der Waals surface area contributed by atoms with Gasteiger partial charge in [-0.05, 0) is 69.2 Å². The van der Waals surface area contributed by atoms with Crippen molar-refractivity contribution in [3.8, 4) is 0 Å². The zero-order valence-corrected chi connectivity index (χ0v) is 23.5. The van der Waals surface area contributed by atoms with Crippen molar-refractivity contribution >= 4 is 61.4 Å². The SMILES string of the molecule is CCOC(=O)c1c(NC(=O)Cn2cnc3sc(C(=O)Nc4ccccc4C)c(C)c3c2=O)sc2c1CCCC2. The number of thiophene rings is 2. The van der Waals surface area contributed by atoms with Gasteiger partial charge in [-0.15, -0.1) is 22.7 Å². The van der Waals surface area contributed by atoms with Crippen LogP contribution in [0.5, 0.6) is 0 Å². The minimum absolute atomic E-state index is 0.239. The topological polar surface area (TPSA) is 119 Å². The lowest BCUT2D eigenvalue weighted by Gasteiger charge is -2.12. The maximum atomic E-state index is 13.4. The molecule has 0 atom stereocenters. The summed E-state index contributed by atoms with van der Waals surface area (Å²) >= 11 is 2.53. The minimum atomic E-state index is -0.451. The van der Waals surface area contributed by atoms with E-state index in [-0.39, 0.29) is 19.1 Å². The number of aryl methyl sites for hydroxylation is 3. The van der Waals surface area contributed by atoms with Crippen LogP contribution in [0.4, 0.5) is 10.7 Å². The molecule has 0 bridgehead atoms. The van der Waals surface area contributed by atoms with Crippen LogP contribution in [-0.2, 0) is 28.9 Å². The maximum absolute atomic E-state index is 13.4. The highest BCUT2D eigenvalue weighted by molar-refractivity contribution is 7.20. The van der Waals surface area contributed by atoms with E-state index in [9.17, 15) is 19.2 Å². The van der Waals surface area contributed by atoms with Gasteiger partial charge in [0.25, 0.3) is 11.5 Å². The third-order valence-electron chi connectivity index (χ3n) is 6.73. The number of ether oxygens (including phenoxy) is 1. The Morgan fingerprint density at radius 1 is 1.08 bits per heavy atom. The molecule has 9 nitrogen and oxygen atoms in total. The van der Waals surface area contributed by atoms with Crippen molar-refractivity contribution < 1.29 is 19.1 Å². The van der Waals surface area contributed by atoms with Crippen molar-refractivity contribution in [2.24, 2.45) is 0 Å². The fourth-order valence-corrected chi connectivity index (χ4v) is 7.10. The molecule has 1 aromatic carbocycles. The molecular weight excluding hydrogens is 536 g/mol. The smallest absolute Gasteiger partial charge is 0.341 e. The molecular formula is C28H28N4O5S2. The van der Waals surface area contributed by atoms with Crippen molar-refractivity contribution in [3.63, 3.8) is 0 Å². The van der Waals surface area contributed by atoms with Crippen molar-refractivity contribution in [3.05, 3.63) is 73.0 Å². The van der Waals surface area contributed by atoms with E-state index in [1.54, 1.807) is 13.8 Å². The molecule has 2 amide bonds. The number of nitrogens with one attached hydrogen (secondary N) is 2. The second-order valence-corrected chi connectivity index (χ2v) is 11.5. The van der Waals surface area contributed by atoms with Crippen LogP contribution in [0, 0.1) is 13.8 Å². The fraction of sp³-hybridized carbons (Fsp3) is 0.321. The number of fused-ring (bicyclic) bond motifs is 2. The third kappa shape index (κ3) is 5.24. The quantitative estimate of drug-likeness (QED) is 0.302. The molecule has 1 aliphatic rings. The second-order valence-electron chi connectivity index (χ2n) is 9.37. The van der Waals surface area contributed by atoms with Crippen molar-refractivity contribution in [1.29, 1.82) is 0 Å². The van der Waals surface area contributed by atoms with E-state index in [2.05, 4.69) is 15.6 Å². The zero-order valence-electron chi connectivity index (χ0n) is 21.9. The lowest BCUT2D eigenvalue weighted by molar-refractivity contribution is -0.116. The minimum Gasteiger partial charge on any atom is -0.462 e. The van der Waals surface area contributed by atoms with Crippen LogP contribution in [0.2, 0.25) is 0 Å². The molecule has 3 aromatic heterocycles. The van der Waals surface area contributed by atoms with E-state index < -0.39 is 17.4 Å². The Bertz CT molecular complexity index is 1670. The van der Waals surface area contributed by atoms with E-state index in [0.29, 0.717) is 36.9 Å². The summed E-state index contributed by atoms with van der Waals surface area (Å²) < 4.78 is 6.48. The molecule has 202 valence electrons. The number of anilines is 2. The fourth-order valence-electron chi connectivity index (χ4n) is 4.77. The standard InChI is InChI=1S/C28H28N4O5S2/c1-4-37-28(36)22-17-10-6-8-12-19(17)38-26(22)31-20(33)13-32-14-29-25-21(27(32)35)16(3)23(39-25)24(34)30-18-11-7-5-9-15(18)2/h5,7,9,11,14H,4,6,8,10,12-13H2,1-3H3,(H,30,34)(H,31,33). The summed E-state index contributed by atoms with van der Waals surface area (Å²) in [5, 5.41) is 6.49. The van der Waals surface area contributed by atoms with Crippen LogP contribution in [0.25, 0.3) is 10.2 Å². The van der Waals surface area contributed by atoms with E-state index in [1.165, 1.54) is 22.2 Å². The Kier molecular flexibility index (Phi) is 7.62. The van der Waals surface area contributed by atoms with Crippen LogP contribution in [-0.4, -0.2) is 33.9 Å². The number of esters is 1. The molecule has 4 aromatic rings. The van der Waals surface area contributed by atoms with E-state index in [0.717, 1.165) is 53.0 Å². The molecule has 0 unspecified atom stereocenters. The summed E-state index contributed by atoms with van der Waals surface area (Å²) in [5.41, 5.74) is 3.10. The molecule has 3 heterocycles. The molecule has 0 spiro atoms. The Morgan fingerprint density at radius 2 is 1.85 bits per heavy atom. The largest absolute Gasteiger partial charge is 0.462 e. The van der Waals surface area contributed by atoms with Gasteiger partial charge in [0.1, 0.15) is 16.4 Å². The first kappa shape index (κ1) is 26.8. The number of rotatable bonds is 7. The first-order chi connectivity index (χ1) is 18.8. The number of para-hydroxylation sites is 1. The number of nitrogens with zero attached hydrogens (tertiary/aromatic N) is 2. The Balaban J connectivity index is 1.39. The van der Waals surface area contributed by atoms with Crippen molar-refractivity contribution in [2.45, 2.75) is 53.0 Å². The van der Waals surface area contributed by atoms with Gasteiger partial charge >= 0.3 is 5.97 Å². The Hall–Kier alpha value is -3.83. The van der Waals surface area contributed by atoms with Crippen LogP contribution in [0.3, 0.4) is 0 Å². The third-order valence-corrected chi connectivity index (χ3v) is 9.14. The molecule has 0 radical (unpaired) electrons. The second kappa shape index (κ2) is 11.1. The van der Waals surface area contributed by atoms with Gasteiger partial charge in [-0.25, -0.2) is 9.78 Å². The average molecular weight is 565 g/mol. The Labute approximate surface area is 232 Å². The predicted molar refractivity (Wildman–Crippen MR) is 153 cm³/mol. The number of benzene rings is 1. The molecule has 5 rings (SSSR count). The van der Waals surface area contributed by atoms with Crippen molar-refractivity contribution in [1.82, 2.24) is 9.55 Å². The lowest BCUT2D eigenvalue weighted by atomic mass is 9.95. The maximum Gasteiger partial charge on any atom is 0.341 e. The molecule has 0 saturated heterocycles. The van der Waals surface area contributed by atoms with Crippen LogP contribution in [0.1, 0.15) is 61.4 Å². The number of hydrogen-bond acceptors (Lipinski definition) is 8. The first-order valence-electron chi connectivity index (χ1n) is 12.8. The van der Waals surface area contributed by atoms with Gasteiger partial charge in [0.15, 0.2) is 0 Å². The first-order valence-corrected chi connectivity index (χ1v) is 14.4.